The number of hydrogen-bond acceptors (Lipinski definition) is 5. The van der Waals surface area contributed by atoms with Gasteiger partial charge in [0.1, 0.15) is 21.7 Å². The summed E-state index contributed by atoms with van der Waals surface area (Å²) in [6.45, 7) is 1.87. The molecule has 0 amide bonds. The van der Waals surface area contributed by atoms with Gasteiger partial charge in [-0.05, 0) is 46.7 Å². The molecule has 4 nitrogen and oxygen atoms in total. The highest BCUT2D eigenvalue weighted by Crippen LogP contribution is 2.26. The fourth-order valence-corrected chi connectivity index (χ4v) is 2.29. The molecule has 6 heteroatoms. The largest absolute Gasteiger partial charge is 0.373 e. The van der Waals surface area contributed by atoms with Gasteiger partial charge in [-0.1, -0.05) is 0 Å². The Labute approximate surface area is 112 Å². The monoisotopic (exact) mass is 310 g/mol. The molecule has 17 heavy (non-hydrogen) atoms. The van der Waals surface area contributed by atoms with Gasteiger partial charge in [0.2, 0.25) is 0 Å². The van der Waals surface area contributed by atoms with Gasteiger partial charge >= 0.3 is 0 Å². The highest BCUT2D eigenvalue weighted by atomic mass is 79.9. The van der Waals surface area contributed by atoms with Crippen molar-refractivity contribution in [3.63, 3.8) is 0 Å². The van der Waals surface area contributed by atoms with Crippen LogP contribution in [0.5, 0.6) is 0 Å². The van der Waals surface area contributed by atoms with E-state index in [9.17, 15) is 0 Å². The van der Waals surface area contributed by atoms with Crippen LogP contribution >= 0.6 is 27.7 Å². The van der Waals surface area contributed by atoms with Crippen LogP contribution < -0.4 is 5.32 Å². The summed E-state index contributed by atoms with van der Waals surface area (Å²) < 4.78 is 0.969. The molecule has 0 bridgehead atoms. The average Bonchev–Trinajstić information content (AvgIpc) is 2.31. The number of halogens is 1. The fraction of sp³-hybridized carbons (Fsp3) is 0.182. The lowest BCUT2D eigenvalue weighted by Gasteiger charge is -2.04. The first-order valence-electron chi connectivity index (χ1n) is 5.00. The van der Waals surface area contributed by atoms with Gasteiger partial charge in [0, 0.05) is 23.8 Å². The summed E-state index contributed by atoms with van der Waals surface area (Å²) in [7, 11) is 1.84. The third-order valence-corrected chi connectivity index (χ3v) is 3.32. The molecule has 2 aromatic rings. The molecule has 2 heterocycles. The van der Waals surface area contributed by atoms with Gasteiger partial charge < -0.3 is 5.32 Å². The molecule has 2 rings (SSSR count). The number of nitrogens with zero attached hydrogens (tertiary/aromatic N) is 3. The summed E-state index contributed by atoms with van der Waals surface area (Å²) in [5.74, 6) is 1.56. The smallest absolute Gasteiger partial charge is 0.130 e. The predicted molar refractivity (Wildman–Crippen MR) is 72.4 cm³/mol. The van der Waals surface area contributed by atoms with E-state index in [0.717, 1.165) is 26.2 Å². The summed E-state index contributed by atoms with van der Waals surface area (Å²) in [6, 6.07) is 5.81. The molecule has 0 saturated carbocycles. The summed E-state index contributed by atoms with van der Waals surface area (Å²) in [5, 5.41) is 4.81. The number of pyridine rings is 1. The van der Waals surface area contributed by atoms with Crippen molar-refractivity contribution < 1.29 is 0 Å². The summed E-state index contributed by atoms with van der Waals surface area (Å²) in [5.41, 5.74) is 0. The molecule has 0 aliphatic heterocycles. The molecule has 0 aliphatic rings. The molecule has 88 valence electrons. The highest BCUT2D eigenvalue weighted by molar-refractivity contribution is 9.10. The van der Waals surface area contributed by atoms with Crippen molar-refractivity contribution in [1.29, 1.82) is 0 Å². The van der Waals surface area contributed by atoms with Crippen LogP contribution in [0.25, 0.3) is 0 Å². The van der Waals surface area contributed by atoms with Crippen molar-refractivity contribution in [3.8, 4) is 0 Å². The van der Waals surface area contributed by atoms with Crippen LogP contribution in [0, 0.1) is 6.92 Å². The van der Waals surface area contributed by atoms with E-state index < -0.39 is 0 Å². The molecule has 0 aromatic carbocycles. The van der Waals surface area contributed by atoms with Crippen LogP contribution in [0.1, 0.15) is 5.82 Å². The number of nitrogens with one attached hydrogen (secondary N) is 1. The Morgan fingerprint density at radius 1 is 1.24 bits per heavy atom. The molecular formula is C11H11BrN4S. The minimum Gasteiger partial charge on any atom is -0.373 e. The zero-order valence-electron chi connectivity index (χ0n) is 9.44. The van der Waals surface area contributed by atoms with Gasteiger partial charge in [0.05, 0.1) is 0 Å². The average molecular weight is 311 g/mol. The van der Waals surface area contributed by atoms with Crippen molar-refractivity contribution in [2.75, 3.05) is 12.4 Å². The van der Waals surface area contributed by atoms with Crippen molar-refractivity contribution in [1.82, 2.24) is 15.0 Å². The van der Waals surface area contributed by atoms with Gasteiger partial charge in [-0.15, -0.1) is 0 Å². The topological polar surface area (TPSA) is 50.7 Å². The standard InChI is InChI=1S/C11H11BrN4S/c1-7-15-9(13-2)5-11(16-7)17-10-4-3-8(12)6-14-10/h3-6H,1-2H3,(H,13,15,16). The molecule has 1 N–H and O–H groups in total. The SMILES string of the molecule is CNc1cc(Sc2ccc(Br)cn2)nc(C)n1. The second-order valence-corrected chi connectivity index (χ2v) is 5.26. The molecule has 0 atom stereocenters. The van der Waals surface area contributed by atoms with Gasteiger partial charge in [-0.3, -0.25) is 0 Å². The van der Waals surface area contributed by atoms with E-state index in [1.165, 1.54) is 11.8 Å². The molecule has 0 unspecified atom stereocenters. The lowest BCUT2D eigenvalue weighted by atomic mass is 10.5. The Morgan fingerprint density at radius 3 is 2.71 bits per heavy atom. The lowest BCUT2D eigenvalue weighted by molar-refractivity contribution is 0.965. The van der Waals surface area contributed by atoms with Crippen LogP contribution in [0.3, 0.4) is 0 Å². The van der Waals surface area contributed by atoms with E-state index >= 15 is 0 Å². The van der Waals surface area contributed by atoms with E-state index in [-0.39, 0.29) is 0 Å². The van der Waals surface area contributed by atoms with Crippen LogP contribution in [0.15, 0.2) is 38.9 Å². The van der Waals surface area contributed by atoms with E-state index in [4.69, 9.17) is 0 Å². The molecule has 2 aromatic heterocycles. The zero-order valence-corrected chi connectivity index (χ0v) is 11.8. The quantitative estimate of drug-likeness (QED) is 0.883. The number of aromatic nitrogens is 3. The van der Waals surface area contributed by atoms with Crippen molar-refractivity contribution in [2.24, 2.45) is 0 Å². The summed E-state index contributed by atoms with van der Waals surface area (Å²) in [4.78, 5) is 12.9. The maximum atomic E-state index is 4.36. The van der Waals surface area contributed by atoms with Gasteiger partial charge in [-0.25, -0.2) is 15.0 Å². The van der Waals surface area contributed by atoms with Crippen molar-refractivity contribution >= 4 is 33.5 Å². The zero-order chi connectivity index (χ0) is 12.3. The normalized spacial score (nSPS) is 10.3. The number of anilines is 1. The van der Waals surface area contributed by atoms with Gasteiger partial charge in [-0.2, -0.15) is 0 Å². The first-order valence-corrected chi connectivity index (χ1v) is 6.61. The third kappa shape index (κ3) is 3.41. The first-order chi connectivity index (χ1) is 8.17. The van der Waals surface area contributed by atoms with Crippen LogP contribution in [-0.2, 0) is 0 Å². The Kier molecular flexibility index (Phi) is 3.96. The van der Waals surface area contributed by atoms with Crippen molar-refractivity contribution in [2.45, 2.75) is 17.0 Å². The molecule has 0 aliphatic carbocycles. The molecular weight excluding hydrogens is 300 g/mol. The van der Waals surface area contributed by atoms with Gasteiger partial charge in [0.25, 0.3) is 0 Å². The van der Waals surface area contributed by atoms with E-state index in [1.807, 2.05) is 32.2 Å². The predicted octanol–water partition coefficient (Wildman–Crippen LogP) is 3.14. The first kappa shape index (κ1) is 12.3. The number of hydrogen-bond donors (Lipinski definition) is 1. The van der Waals surface area contributed by atoms with Crippen LogP contribution in [0.4, 0.5) is 5.82 Å². The van der Waals surface area contributed by atoms with E-state index in [1.54, 1.807) is 6.20 Å². The lowest BCUT2D eigenvalue weighted by Crippen LogP contribution is -1.97. The second-order valence-electron chi connectivity index (χ2n) is 3.31. The second kappa shape index (κ2) is 5.46. The Bertz CT molecular complexity index is 515. The fourth-order valence-electron chi connectivity index (χ4n) is 1.25. The highest BCUT2D eigenvalue weighted by Gasteiger charge is 2.04. The van der Waals surface area contributed by atoms with Crippen LogP contribution in [-0.4, -0.2) is 22.0 Å². The minimum atomic E-state index is 0.747. The maximum absolute atomic E-state index is 4.36. The number of aryl methyl sites for hydroxylation is 1. The Hall–Kier alpha value is -1.14. The van der Waals surface area contributed by atoms with Crippen LogP contribution in [0.2, 0.25) is 0 Å². The molecule has 0 spiro atoms. The van der Waals surface area contributed by atoms with E-state index in [0.29, 0.717) is 0 Å². The summed E-state index contributed by atoms with van der Waals surface area (Å²) >= 11 is 4.87. The Morgan fingerprint density at radius 2 is 2.06 bits per heavy atom. The van der Waals surface area contributed by atoms with E-state index in [2.05, 4.69) is 36.2 Å². The molecule has 0 saturated heterocycles. The van der Waals surface area contributed by atoms with Crippen molar-refractivity contribution in [3.05, 3.63) is 34.7 Å². The Balaban J connectivity index is 2.23. The number of rotatable bonds is 3. The minimum absolute atomic E-state index is 0.747. The maximum Gasteiger partial charge on any atom is 0.130 e. The molecule has 0 radical (unpaired) electrons. The third-order valence-electron chi connectivity index (χ3n) is 1.98. The summed E-state index contributed by atoms with van der Waals surface area (Å²) in [6.07, 6.45) is 1.77. The molecule has 0 fully saturated rings. The van der Waals surface area contributed by atoms with Gasteiger partial charge in [0.15, 0.2) is 0 Å².